The van der Waals surface area contributed by atoms with Gasteiger partial charge in [0, 0.05) is 36.8 Å². The number of carbonyl (C=O) groups excluding carboxylic acids is 1. The fourth-order valence-electron chi connectivity index (χ4n) is 1.78. The van der Waals surface area contributed by atoms with Gasteiger partial charge in [0.2, 0.25) is 5.91 Å². The molecule has 1 aromatic heterocycles. The van der Waals surface area contributed by atoms with Crippen LogP contribution in [0.3, 0.4) is 0 Å². The van der Waals surface area contributed by atoms with Gasteiger partial charge >= 0.3 is 0 Å². The minimum Gasteiger partial charge on any atom is -0.339 e. The molecule has 0 saturated carbocycles. The van der Waals surface area contributed by atoms with Gasteiger partial charge in [-0.05, 0) is 18.5 Å². The van der Waals surface area contributed by atoms with Crippen molar-refractivity contribution < 1.29 is 4.79 Å². The summed E-state index contributed by atoms with van der Waals surface area (Å²) in [6.45, 7) is 3.77. The van der Waals surface area contributed by atoms with Crippen LogP contribution in [0.4, 0.5) is 0 Å². The predicted octanol–water partition coefficient (Wildman–Crippen LogP) is 1.76. The molecule has 1 saturated heterocycles. The van der Waals surface area contributed by atoms with E-state index in [1.54, 1.807) is 23.1 Å². The van der Waals surface area contributed by atoms with E-state index >= 15 is 0 Å². The van der Waals surface area contributed by atoms with Gasteiger partial charge in [0.1, 0.15) is 0 Å². The van der Waals surface area contributed by atoms with E-state index in [1.807, 2.05) is 4.90 Å². The van der Waals surface area contributed by atoms with Crippen molar-refractivity contribution in [1.29, 1.82) is 0 Å². The summed E-state index contributed by atoms with van der Waals surface area (Å²) >= 11 is 3.48. The Balaban J connectivity index is 1.67. The largest absolute Gasteiger partial charge is 0.339 e. The summed E-state index contributed by atoms with van der Waals surface area (Å²) in [6, 6.07) is 4.18. The lowest BCUT2D eigenvalue weighted by Crippen LogP contribution is -2.47. The van der Waals surface area contributed by atoms with Crippen LogP contribution in [0.5, 0.6) is 0 Å². The molecule has 1 aliphatic rings. The summed E-state index contributed by atoms with van der Waals surface area (Å²) < 4.78 is 0. The average Bonchev–Trinajstić information content (AvgIpc) is 2.83. The lowest BCUT2D eigenvalue weighted by atomic mass is 10.3. The van der Waals surface area contributed by atoms with Gasteiger partial charge in [0.05, 0.1) is 5.75 Å². The van der Waals surface area contributed by atoms with Crippen molar-refractivity contribution >= 4 is 29.0 Å². The number of thiophene rings is 1. The molecule has 17 heavy (non-hydrogen) atoms. The van der Waals surface area contributed by atoms with Gasteiger partial charge < -0.3 is 9.80 Å². The highest BCUT2D eigenvalue weighted by molar-refractivity contribution is 7.99. The van der Waals surface area contributed by atoms with Crippen molar-refractivity contribution in [2.75, 3.05) is 39.0 Å². The van der Waals surface area contributed by atoms with E-state index in [-0.39, 0.29) is 0 Å². The predicted molar refractivity (Wildman–Crippen MR) is 74.6 cm³/mol. The number of likely N-dealkylation sites (N-methyl/N-ethyl adjacent to an activating group) is 1. The molecular weight excluding hydrogens is 252 g/mol. The normalized spacial score (nSPS) is 17.4. The quantitative estimate of drug-likeness (QED) is 0.833. The number of amides is 1. The van der Waals surface area contributed by atoms with Gasteiger partial charge in [0.25, 0.3) is 0 Å². The van der Waals surface area contributed by atoms with Crippen molar-refractivity contribution in [3.05, 3.63) is 22.4 Å². The molecule has 5 heteroatoms. The maximum atomic E-state index is 11.9. The molecular formula is C12H18N2OS2. The minimum atomic E-state index is 0.291. The van der Waals surface area contributed by atoms with E-state index < -0.39 is 0 Å². The van der Waals surface area contributed by atoms with E-state index in [1.165, 1.54) is 4.88 Å². The van der Waals surface area contributed by atoms with E-state index in [4.69, 9.17) is 0 Å². The van der Waals surface area contributed by atoms with Crippen LogP contribution >= 0.6 is 23.1 Å². The Labute approximate surface area is 111 Å². The first-order valence-electron chi connectivity index (χ1n) is 5.82. The Morgan fingerprint density at radius 3 is 2.82 bits per heavy atom. The van der Waals surface area contributed by atoms with Crippen LogP contribution in [0.15, 0.2) is 17.5 Å². The van der Waals surface area contributed by atoms with Crippen LogP contribution in [0.25, 0.3) is 0 Å². The first-order valence-corrected chi connectivity index (χ1v) is 7.85. The Morgan fingerprint density at radius 1 is 1.41 bits per heavy atom. The van der Waals surface area contributed by atoms with E-state index in [0.29, 0.717) is 11.7 Å². The lowest BCUT2D eigenvalue weighted by Gasteiger charge is -2.32. The third kappa shape index (κ3) is 4.01. The molecule has 0 atom stereocenters. The summed E-state index contributed by atoms with van der Waals surface area (Å²) in [5, 5.41) is 2.08. The zero-order valence-corrected chi connectivity index (χ0v) is 11.7. The SMILES string of the molecule is CN1CCN(C(=O)CSCc2cccs2)CC1. The molecule has 3 nitrogen and oxygen atoms in total. The highest BCUT2D eigenvalue weighted by atomic mass is 32.2. The molecule has 0 bridgehead atoms. The average molecular weight is 270 g/mol. The number of carbonyl (C=O) groups is 1. The smallest absolute Gasteiger partial charge is 0.232 e. The Morgan fingerprint density at radius 2 is 2.18 bits per heavy atom. The van der Waals surface area contributed by atoms with E-state index in [0.717, 1.165) is 31.9 Å². The highest BCUT2D eigenvalue weighted by Gasteiger charge is 2.18. The Kier molecular flexibility index (Phi) is 4.88. The highest BCUT2D eigenvalue weighted by Crippen LogP contribution is 2.17. The summed E-state index contributed by atoms with van der Waals surface area (Å²) in [4.78, 5) is 17.5. The first kappa shape index (κ1) is 12.9. The minimum absolute atomic E-state index is 0.291. The molecule has 1 fully saturated rings. The Hall–Kier alpha value is -0.520. The topological polar surface area (TPSA) is 23.6 Å². The van der Waals surface area contributed by atoms with E-state index in [2.05, 4.69) is 29.5 Å². The number of nitrogens with zero attached hydrogens (tertiary/aromatic N) is 2. The van der Waals surface area contributed by atoms with Gasteiger partial charge in [-0.2, -0.15) is 0 Å². The molecule has 1 aliphatic heterocycles. The number of hydrogen-bond acceptors (Lipinski definition) is 4. The van der Waals surface area contributed by atoms with E-state index in [9.17, 15) is 4.79 Å². The lowest BCUT2D eigenvalue weighted by molar-refractivity contribution is -0.129. The van der Waals surface area contributed by atoms with Crippen molar-refractivity contribution in [2.45, 2.75) is 5.75 Å². The van der Waals surface area contributed by atoms with Crippen LogP contribution in [0.2, 0.25) is 0 Å². The van der Waals surface area contributed by atoms with Gasteiger partial charge in [-0.15, -0.1) is 23.1 Å². The zero-order chi connectivity index (χ0) is 12.1. The fourth-order valence-corrected chi connectivity index (χ4v) is 3.55. The summed E-state index contributed by atoms with van der Waals surface area (Å²) in [5.74, 6) is 1.86. The van der Waals surface area contributed by atoms with Crippen molar-refractivity contribution in [3.63, 3.8) is 0 Å². The molecule has 0 aromatic carbocycles. The Bertz CT molecular complexity index is 345. The van der Waals surface area contributed by atoms with Crippen molar-refractivity contribution in [3.8, 4) is 0 Å². The zero-order valence-electron chi connectivity index (χ0n) is 10.1. The maximum Gasteiger partial charge on any atom is 0.232 e. The van der Waals surface area contributed by atoms with Gasteiger partial charge in [-0.1, -0.05) is 6.07 Å². The summed E-state index contributed by atoms with van der Waals surface area (Å²) in [7, 11) is 2.10. The fraction of sp³-hybridized carbons (Fsp3) is 0.583. The molecule has 0 unspecified atom stereocenters. The van der Waals surface area contributed by atoms with Crippen molar-refractivity contribution in [1.82, 2.24) is 9.80 Å². The van der Waals surface area contributed by atoms with Crippen LogP contribution in [0, 0.1) is 0 Å². The third-order valence-corrected chi connectivity index (χ3v) is 4.93. The number of rotatable bonds is 4. The molecule has 2 heterocycles. The van der Waals surface area contributed by atoms with Crippen LogP contribution in [-0.2, 0) is 10.5 Å². The number of piperazine rings is 1. The van der Waals surface area contributed by atoms with Gasteiger partial charge in [0.15, 0.2) is 0 Å². The number of thioether (sulfide) groups is 1. The standard InChI is InChI=1S/C12H18N2OS2/c1-13-4-6-14(7-5-13)12(15)10-16-9-11-3-2-8-17-11/h2-3,8H,4-7,9-10H2,1H3. The molecule has 0 N–H and O–H groups in total. The summed E-state index contributed by atoms with van der Waals surface area (Å²) in [6.07, 6.45) is 0. The molecule has 0 aliphatic carbocycles. The van der Waals surface area contributed by atoms with Crippen LogP contribution in [0.1, 0.15) is 4.88 Å². The molecule has 0 radical (unpaired) electrons. The van der Waals surface area contributed by atoms with Crippen molar-refractivity contribution in [2.24, 2.45) is 0 Å². The second-order valence-electron chi connectivity index (χ2n) is 4.26. The third-order valence-electron chi connectivity index (χ3n) is 2.91. The second kappa shape index (κ2) is 6.42. The second-order valence-corrected chi connectivity index (χ2v) is 6.27. The maximum absolute atomic E-state index is 11.9. The van der Waals surface area contributed by atoms with Crippen LogP contribution in [-0.4, -0.2) is 54.7 Å². The van der Waals surface area contributed by atoms with Crippen LogP contribution < -0.4 is 0 Å². The number of hydrogen-bond donors (Lipinski definition) is 0. The summed E-state index contributed by atoms with van der Waals surface area (Å²) in [5.41, 5.74) is 0. The van der Waals surface area contributed by atoms with Gasteiger partial charge in [-0.3, -0.25) is 4.79 Å². The molecule has 1 aromatic rings. The first-order chi connectivity index (χ1) is 8.25. The molecule has 94 valence electrons. The molecule has 1 amide bonds. The monoisotopic (exact) mass is 270 g/mol. The molecule has 2 rings (SSSR count). The van der Waals surface area contributed by atoms with Gasteiger partial charge in [-0.25, -0.2) is 0 Å². The molecule has 0 spiro atoms.